The maximum Gasteiger partial charge on any atom is 0.416 e. The summed E-state index contributed by atoms with van der Waals surface area (Å²) in [6.45, 7) is 6.66. The predicted octanol–water partition coefficient (Wildman–Crippen LogP) is 5.82. The highest BCUT2D eigenvalue weighted by Gasteiger charge is 2.33. The summed E-state index contributed by atoms with van der Waals surface area (Å²) in [5.74, 6) is 0. The summed E-state index contributed by atoms with van der Waals surface area (Å²) >= 11 is 0. The quantitative estimate of drug-likeness (QED) is 0.323. The number of hydrogen-bond acceptors (Lipinski definition) is 5. The number of benzene rings is 2. The van der Waals surface area contributed by atoms with Gasteiger partial charge in [0.25, 0.3) is 12.9 Å². The number of aromatic nitrogens is 1. The molecule has 0 aliphatic carbocycles. The van der Waals surface area contributed by atoms with Crippen molar-refractivity contribution in [2.45, 2.75) is 39.4 Å². The van der Waals surface area contributed by atoms with E-state index >= 15 is 0 Å². The van der Waals surface area contributed by atoms with Crippen LogP contribution in [0.4, 0.5) is 18.9 Å². The Morgan fingerprint density at radius 1 is 1.08 bits per heavy atom. The van der Waals surface area contributed by atoms with Crippen molar-refractivity contribution in [3.05, 3.63) is 76.5 Å². The Kier molecular flexibility index (Phi) is 10.6. The molecule has 0 fully saturated rings. The standard InChI is InChI=1S/C25H26F3N3.2CH2O2/c1-15-13-24(31-17(3)20-5-4-6-22(16(20)2)25(26,27)28)21-14-19(7-8-23(21)30-15)18-9-11-29-12-10-18;2*2-1-3/h4-9,13-14,17,29H,10-12H2,1-3H3,(H,30,31);2*1H,(H,2,3)/t17-;;/m1../s1. The summed E-state index contributed by atoms with van der Waals surface area (Å²) in [6.07, 6.45) is -1.20. The second-order valence-electron chi connectivity index (χ2n) is 8.32. The number of anilines is 1. The molecule has 0 radical (unpaired) electrons. The summed E-state index contributed by atoms with van der Waals surface area (Å²) in [5.41, 5.74) is 5.36. The largest absolute Gasteiger partial charge is 0.483 e. The molecule has 0 amide bonds. The van der Waals surface area contributed by atoms with E-state index in [-0.39, 0.29) is 24.5 Å². The lowest BCUT2D eigenvalue weighted by Gasteiger charge is -2.22. The zero-order chi connectivity index (χ0) is 27.6. The van der Waals surface area contributed by atoms with Gasteiger partial charge in [0.05, 0.1) is 11.1 Å². The van der Waals surface area contributed by atoms with E-state index in [4.69, 9.17) is 19.8 Å². The molecule has 2 heterocycles. The molecule has 4 rings (SSSR count). The average Bonchev–Trinajstić information content (AvgIpc) is 2.84. The number of alkyl halides is 3. The van der Waals surface area contributed by atoms with Gasteiger partial charge >= 0.3 is 6.18 Å². The van der Waals surface area contributed by atoms with E-state index in [0.717, 1.165) is 53.4 Å². The molecule has 1 aliphatic heterocycles. The lowest BCUT2D eigenvalue weighted by Crippen LogP contribution is -2.20. The number of carboxylic acid groups (broad SMARTS) is 2. The number of hydrogen-bond donors (Lipinski definition) is 4. The lowest BCUT2D eigenvalue weighted by atomic mass is 9.96. The molecular weight excluding hydrogens is 487 g/mol. The average molecular weight is 518 g/mol. The van der Waals surface area contributed by atoms with E-state index < -0.39 is 11.7 Å². The number of aryl methyl sites for hydroxylation is 1. The van der Waals surface area contributed by atoms with Crippen molar-refractivity contribution in [3.8, 4) is 0 Å². The van der Waals surface area contributed by atoms with Crippen LogP contribution in [0.3, 0.4) is 0 Å². The smallest absolute Gasteiger partial charge is 0.416 e. The van der Waals surface area contributed by atoms with Crippen LogP contribution in [0.15, 0.2) is 48.5 Å². The molecule has 3 aromatic rings. The highest BCUT2D eigenvalue weighted by atomic mass is 19.4. The molecule has 0 unspecified atom stereocenters. The predicted molar refractivity (Wildman–Crippen MR) is 138 cm³/mol. The SMILES string of the molecule is Cc1cc(N[C@H](C)c2cccc(C(F)(F)F)c2C)c2cc(C3=CCNCC3)ccc2n1.O=CO.O=CO. The Balaban J connectivity index is 0.000000733. The number of rotatable bonds is 4. The minimum atomic E-state index is -4.36. The first-order chi connectivity index (χ1) is 17.6. The molecule has 1 aromatic heterocycles. The first-order valence-electron chi connectivity index (χ1n) is 11.5. The van der Waals surface area contributed by atoms with Gasteiger partial charge in [0.15, 0.2) is 0 Å². The van der Waals surface area contributed by atoms with Crippen molar-refractivity contribution >= 4 is 35.1 Å². The van der Waals surface area contributed by atoms with Gasteiger partial charge in [0, 0.05) is 29.4 Å². The minimum absolute atomic E-state index is 0.250. The van der Waals surface area contributed by atoms with E-state index in [9.17, 15) is 13.2 Å². The Labute approximate surface area is 213 Å². The normalized spacial score (nSPS) is 13.7. The van der Waals surface area contributed by atoms with Gasteiger partial charge in [-0.15, -0.1) is 0 Å². The molecule has 1 aliphatic rings. The van der Waals surface area contributed by atoms with E-state index in [2.05, 4.69) is 33.8 Å². The Hall–Kier alpha value is -3.92. The van der Waals surface area contributed by atoms with Gasteiger partial charge in [-0.1, -0.05) is 24.3 Å². The topological polar surface area (TPSA) is 112 Å². The fraction of sp³-hybridized carbons (Fsp3) is 0.296. The lowest BCUT2D eigenvalue weighted by molar-refractivity contribution is -0.138. The summed E-state index contributed by atoms with van der Waals surface area (Å²) in [4.78, 5) is 21.4. The number of pyridine rings is 1. The van der Waals surface area contributed by atoms with Crippen LogP contribution in [0, 0.1) is 13.8 Å². The Morgan fingerprint density at radius 2 is 1.76 bits per heavy atom. The monoisotopic (exact) mass is 517 g/mol. The summed E-state index contributed by atoms with van der Waals surface area (Å²) in [5, 5.41) is 21.5. The molecule has 198 valence electrons. The molecule has 0 saturated carbocycles. The zero-order valence-electron chi connectivity index (χ0n) is 20.8. The third-order valence-corrected chi connectivity index (χ3v) is 5.89. The maximum atomic E-state index is 13.4. The van der Waals surface area contributed by atoms with Crippen LogP contribution in [0.2, 0.25) is 0 Å². The van der Waals surface area contributed by atoms with Gasteiger partial charge in [-0.3, -0.25) is 14.6 Å². The fourth-order valence-electron chi connectivity index (χ4n) is 4.30. The summed E-state index contributed by atoms with van der Waals surface area (Å²) < 4.78 is 40.1. The summed E-state index contributed by atoms with van der Waals surface area (Å²) in [6, 6.07) is 12.3. The second-order valence-corrected chi connectivity index (χ2v) is 8.32. The van der Waals surface area contributed by atoms with E-state index in [0.29, 0.717) is 5.56 Å². The highest BCUT2D eigenvalue weighted by molar-refractivity contribution is 5.94. The van der Waals surface area contributed by atoms with Crippen molar-refractivity contribution in [2.75, 3.05) is 18.4 Å². The Morgan fingerprint density at radius 3 is 2.35 bits per heavy atom. The Bertz CT molecular complexity index is 1250. The van der Waals surface area contributed by atoms with Gasteiger partial charge < -0.3 is 20.8 Å². The molecule has 37 heavy (non-hydrogen) atoms. The van der Waals surface area contributed by atoms with Crippen LogP contribution in [-0.2, 0) is 15.8 Å². The minimum Gasteiger partial charge on any atom is -0.483 e. The number of carbonyl (C=O) groups is 2. The van der Waals surface area contributed by atoms with Crippen LogP contribution in [-0.4, -0.2) is 41.2 Å². The molecule has 4 N–H and O–H groups in total. The van der Waals surface area contributed by atoms with Gasteiger partial charge in [-0.2, -0.15) is 13.2 Å². The third-order valence-electron chi connectivity index (χ3n) is 5.89. The first kappa shape index (κ1) is 29.3. The number of nitrogens with zero attached hydrogens (tertiary/aromatic N) is 1. The second kappa shape index (κ2) is 13.4. The van der Waals surface area contributed by atoms with Crippen LogP contribution in [0.25, 0.3) is 16.5 Å². The van der Waals surface area contributed by atoms with Crippen LogP contribution in [0.1, 0.15) is 47.3 Å². The first-order valence-corrected chi connectivity index (χ1v) is 11.5. The van der Waals surface area contributed by atoms with Gasteiger partial charge in [-0.25, -0.2) is 0 Å². The molecule has 10 heteroatoms. The van der Waals surface area contributed by atoms with E-state index in [1.165, 1.54) is 18.6 Å². The molecule has 0 saturated heterocycles. The third kappa shape index (κ3) is 7.78. The fourth-order valence-corrected chi connectivity index (χ4v) is 4.30. The van der Waals surface area contributed by atoms with Gasteiger partial charge in [0.1, 0.15) is 0 Å². The molecule has 2 aromatic carbocycles. The number of halogens is 3. The van der Waals surface area contributed by atoms with Crippen molar-refractivity contribution in [1.29, 1.82) is 0 Å². The molecule has 1 atom stereocenters. The van der Waals surface area contributed by atoms with E-state index in [1.54, 1.807) is 6.07 Å². The van der Waals surface area contributed by atoms with Crippen LogP contribution < -0.4 is 10.6 Å². The van der Waals surface area contributed by atoms with Gasteiger partial charge in [0.2, 0.25) is 0 Å². The number of nitrogens with one attached hydrogen (secondary N) is 2. The van der Waals surface area contributed by atoms with Crippen LogP contribution in [0.5, 0.6) is 0 Å². The van der Waals surface area contributed by atoms with Crippen LogP contribution >= 0.6 is 0 Å². The van der Waals surface area contributed by atoms with E-state index in [1.807, 2.05) is 26.0 Å². The van der Waals surface area contributed by atoms with Crippen molar-refractivity contribution < 1.29 is 33.0 Å². The molecule has 0 bridgehead atoms. The molecule has 7 nitrogen and oxygen atoms in total. The number of fused-ring (bicyclic) bond motifs is 1. The van der Waals surface area contributed by atoms with Gasteiger partial charge in [-0.05, 0) is 80.3 Å². The van der Waals surface area contributed by atoms with Crippen molar-refractivity contribution in [2.24, 2.45) is 0 Å². The summed E-state index contributed by atoms with van der Waals surface area (Å²) in [7, 11) is 0. The van der Waals surface area contributed by atoms with Crippen molar-refractivity contribution in [1.82, 2.24) is 10.3 Å². The maximum absolute atomic E-state index is 13.4. The van der Waals surface area contributed by atoms with Crippen molar-refractivity contribution in [3.63, 3.8) is 0 Å². The highest BCUT2D eigenvalue weighted by Crippen LogP contribution is 2.36. The molecule has 0 spiro atoms. The molecular formula is C27H30F3N3O4. The zero-order valence-corrected chi connectivity index (χ0v) is 20.8.